The average molecular weight is 762 g/mol. The van der Waals surface area contributed by atoms with Crippen LogP contribution in [0.5, 0.6) is 5.75 Å². The number of phenolic OH excluding ortho intramolecular Hbond substituents is 1. The Morgan fingerprint density at radius 3 is 1.93 bits per heavy atom. The smallest absolute Gasteiger partial charge is 0.149 e. The highest BCUT2D eigenvalue weighted by Gasteiger charge is 2.26. The van der Waals surface area contributed by atoms with Crippen molar-refractivity contribution in [1.82, 2.24) is 14.5 Å². The molecule has 0 aliphatic heterocycles. The average Bonchev–Trinajstić information content (AvgIpc) is 3.79. The van der Waals surface area contributed by atoms with E-state index >= 15 is 0 Å². The molecule has 7 aromatic rings. The molecule has 292 valence electrons. The van der Waals surface area contributed by atoms with Gasteiger partial charge < -0.3 is 5.11 Å². The second-order valence-corrected chi connectivity index (χ2v) is 19.0. The number of para-hydroxylation sites is 2. The van der Waals surface area contributed by atoms with Crippen molar-refractivity contribution in [2.75, 3.05) is 0 Å². The quantitative estimate of drug-likeness (QED) is 0.184. The number of fused-ring (bicyclic) bond motifs is 2. The summed E-state index contributed by atoms with van der Waals surface area (Å²) in [4.78, 5) is 10.4. The molecule has 0 saturated carbocycles. The van der Waals surface area contributed by atoms with E-state index in [0.29, 0.717) is 11.4 Å². The third kappa shape index (κ3) is 7.21. The van der Waals surface area contributed by atoms with Gasteiger partial charge in [0.2, 0.25) is 0 Å². The summed E-state index contributed by atoms with van der Waals surface area (Å²) in [6.07, 6.45) is 5.98. The monoisotopic (exact) mass is 761 g/mol. The highest BCUT2D eigenvalue weighted by Crippen LogP contribution is 2.43. The standard InChI is InChI=1S/C54H55N3O/c1-11-42(45-24-23-34-17-12-13-18-43(34)45)35-25-26-55-47(30-35)37-27-36(28-38(29-37)52(2,3)4)44-20-16-21-48-50(44)56-51(46-19-14-15-22-49(46)58)57(48)41-32-39(53(5,6)7)31-40(33-41)54(8,9)10/h11-22,25-33,58H,1,23-24H2,2-10H3/b45-42-. The summed E-state index contributed by atoms with van der Waals surface area (Å²) >= 11 is 0. The molecule has 2 aromatic heterocycles. The number of aromatic nitrogens is 3. The molecule has 5 aromatic carbocycles. The molecule has 58 heavy (non-hydrogen) atoms. The van der Waals surface area contributed by atoms with Gasteiger partial charge in [0.05, 0.1) is 22.3 Å². The molecule has 0 amide bonds. The fraction of sp³-hybridized carbons (Fsp3) is 0.259. The Labute approximate surface area is 344 Å². The zero-order chi connectivity index (χ0) is 41.1. The Morgan fingerprint density at radius 2 is 1.26 bits per heavy atom. The van der Waals surface area contributed by atoms with Gasteiger partial charge in [-0.3, -0.25) is 9.55 Å². The van der Waals surface area contributed by atoms with Crippen LogP contribution in [-0.4, -0.2) is 19.6 Å². The highest BCUT2D eigenvalue weighted by molar-refractivity contribution is 5.99. The number of phenols is 1. The van der Waals surface area contributed by atoms with E-state index in [9.17, 15) is 5.11 Å². The van der Waals surface area contributed by atoms with Crippen LogP contribution < -0.4 is 0 Å². The van der Waals surface area contributed by atoms with Gasteiger partial charge in [-0.15, -0.1) is 0 Å². The van der Waals surface area contributed by atoms with E-state index in [2.05, 4.69) is 164 Å². The predicted molar refractivity (Wildman–Crippen MR) is 245 cm³/mol. The molecule has 0 bridgehead atoms. The van der Waals surface area contributed by atoms with Crippen LogP contribution in [-0.2, 0) is 22.7 Å². The maximum absolute atomic E-state index is 11.3. The van der Waals surface area contributed by atoms with Gasteiger partial charge in [0.15, 0.2) is 0 Å². The van der Waals surface area contributed by atoms with E-state index in [0.717, 1.165) is 63.1 Å². The summed E-state index contributed by atoms with van der Waals surface area (Å²) in [5.41, 5.74) is 17.4. The first-order valence-electron chi connectivity index (χ1n) is 20.5. The first kappa shape index (κ1) is 38.9. The molecular formula is C54H55N3O. The van der Waals surface area contributed by atoms with Gasteiger partial charge in [-0.05, 0) is 134 Å². The summed E-state index contributed by atoms with van der Waals surface area (Å²) < 4.78 is 2.24. The molecule has 2 heterocycles. The molecule has 1 N–H and O–H groups in total. The van der Waals surface area contributed by atoms with E-state index in [1.165, 1.54) is 33.4 Å². The van der Waals surface area contributed by atoms with Crippen molar-refractivity contribution >= 4 is 22.2 Å². The number of benzene rings is 5. The number of allylic oxidation sites excluding steroid dienone is 3. The van der Waals surface area contributed by atoms with Crippen molar-refractivity contribution in [3.8, 4) is 45.2 Å². The number of aryl methyl sites for hydroxylation is 1. The van der Waals surface area contributed by atoms with Crippen LogP contribution >= 0.6 is 0 Å². The highest BCUT2D eigenvalue weighted by atomic mass is 16.3. The first-order valence-corrected chi connectivity index (χ1v) is 20.5. The molecule has 0 fully saturated rings. The van der Waals surface area contributed by atoms with Crippen molar-refractivity contribution < 1.29 is 5.11 Å². The third-order valence-electron chi connectivity index (χ3n) is 11.7. The number of rotatable bonds is 6. The predicted octanol–water partition coefficient (Wildman–Crippen LogP) is 14.1. The van der Waals surface area contributed by atoms with E-state index in [1.807, 2.05) is 30.5 Å². The SMILES string of the molecule is C=C/C(=C1\CCc2ccccc21)c1ccnc(-c2cc(-c3cccc4c3nc(-c3ccccc3O)n4-c3cc(C(C)(C)C)cc(C(C)(C)C)c3)cc(C(C)(C)C)c2)c1. The summed E-state index contributed by atoms with van der Waals surface area (Å²) in [5, 5.41) is 11.3. The molecular weight excluding hydrogens is 707 g/mol. The van der Waals surface area contributed by atoms with Crippen molar-refractivity contribution in [1.29, 1.82) is 0 Å². The maximum atomic E-state index is 11.3. The van der Waals surface area contributed by atoms with Gasteiger partial charge in [-0.2, -0.15) is 0 Å². The molecule has 1 aliphatic carbocycles. The molecule has 1 aliphatic rings. The van der Waals surface area contributed by atoms with E-state index < -0.39 is 0 Å². The Kier molecular flexibility index (Phi) is 9.67. The summed E-state index contributed by atoms with van der Waals surface area (Å²) in [6, 6.07) is 40.8. The Balaban J connectivity index is 1.35. The van der Waals surface area contributed by atoms with E-state index in [4.69, 9.17) is 9.97 Å². The Morgan fingerprint density at radius 1 is 0.638 bits per heavy atom. The number of hydrogen-bond acceptors (Lipinski definition) is 3. The van der Waals surface area contributed by atoms with Crippen LogP contribution in [0, 0.1) is 0 Å². The van der Waals surface area contributed by atoms with Gasteiger partial charge in [0.1, 0.15) is 11.6 Å². The minimum Gasteiger partial charge on any atom is -0.507 e. The Bertz CT molecular complexity index is 2730. The second kappa shape index (κ2) is 14.4. The number of nitrogens with zero attached hydrogens (tertiary/aromatic N) is 3. The van der Waals surface area contributed by atoms with Crippen molar-refractivity contribution in [2.45, 2.75) is 91.4 Å². The number of aromatic hydroxyl groups is 1. The maximum Gasteiger partial charge on any atom is 0.149 e. The molecule has 4 nitrogen and oxygen atoms in total. The third-order valence-corrected chi connectivity index (χ3v) is 11.7. The van der Waals surface area contributed by atoms with Gasteiger partial charge >= 0.3 is 0 Å². The molecule has 4 heteroatoms. The molecule has 0 atom stereocenters. The lowest BCUT2D eigenvalue weighted by Gasteiger charge is -2.27. The molecule has 0 radical (unpaired) electrons. The number of pyridine rings is 1. The summed E-state index contributed by atoms with van der Waals surface area (Å²) in [6.45, 7) is 24.6. The minimum absolute atomic E-state index is 0.0772. The zero-order valence-corrected chi connectivity index (χ0v) is 35.5. The normalized spacial score (nSPS) is 14.2. The van der Waals surface area contributed by atoms with E-state index in [1.54, 1.807) is 6.07 Å². The molecule has 0 spiro atoms. The summed E-state index contributed by atoms with van der Waals surface area (Å²) in [5.74, 6) is 0.896. The van der Waals surface area contributed by atoms with Crippen molar-refractivity contribution in [2.24, 2.45) is 0 Å². The van der Waals surface area contributed by atoms with Crippen molar-refractivity contribution in [3.05, 3.63) is 167 Å². The van der Waals surface area contributed by atoms with Crippen LogP contribution in [0.25, 0.3) is 61.6 Å². The second-order valence-electron chi connectivity index (χ2n) is 19.0. The minimum atomic E-state index is -0.130. The topological polar surface area (TPSA) is 50.9 Å². The van der Waals surface area contributed by atoms with Crippen LogP contribution in [0.1, 0.15) is 102 Å². The van der Waals surface area contributed by atoms with Crippen LogP contribution in [0.2, 0.25) is 0 Å². The van der Waals surface area contributed by atoms with E-state index in [-0.39, 0.29) is 22.0 Å². The zero-order valence-electron chi connectivity index (χ0n) is 35.5. The first-order chi connectivity index (χ1) is 27.5. The lowest BCUT2D eigenvalue weighted by Crippen LogP contribution is -2.17. The van der Waals surface area contributed by atoms with Crippen LogP contribution in [0.15, 0.2) is 134 Å². The number of hydrogen-bond donors (Lipinski definition) is 1. The Hall–Kier alpha value is -6.00. The van der Waals surface area contributed by atoms with Gasteiger partial charge in [-0.25, -0.2) is 4.98 Å². The van der Waals surface area contributed by atoms with Gasteiger partial charge in [0.25, 0.3) is 0 Å². The van der Waals surface area contributed by atoms with Gasteiger partial charge in [0, 0.05) is 23.0 Å². The fourth-order valence-corrected chi connectivity index (χ4v) is 8.29. The fourth-order valence-electron chi connectivity index (χ4n) is 8.29. The van der Waals surface area contributed by atoms with Crippen LogP contribution in [0.3, 0.4) is 0 Å². The number of imidazole rings is 1. The van der Waals surface area contributed by atoms with Gasteiger partial charge in [-0.1, -0.05) is 136 Å². The lowest BCUT2D eigenvalue weighted by molar-refractivity contribution is 0.477. The molecule has 0 saturated heterocycles. The molecule has 0 unspecified atom stereocenters. The largest absolute Gasteiger partial charge is 0.507 e. The molecule has 8 rings (SSSR count). The lowest BCUT2D eigenvalue weighted by atomic mass is 9.80. The summed E-state index contributed by atoms with van der Waals surface area (Å²) in [7, 11) is 0. The van der Waals surface area contributed by atoms with Crippen molar-refractivity contribution in [3.63, 3.8) is 0 Å². The van der Waals surface area contributed by atoms with Crippen LogP contribution in [0.4, 0.5) is 0 Å².